The van der Waals surface area contributed by atoms with E-state index in [4.69, 9.17) is 4.74 Å². The summed E-state index contributed by atoms with van der Waals surface area (Å²) in [5.74, 6) is 0.202. The summed E-state index contributed by atoms with van der Waals surface area (Å²) >= 11 is 5.02. The monoisotopic (exact) mass is 303 g/mol. The largest absolute Gasteiger partial charge is 0.374 e. The highest BCUT2D eigenvalue weighted by molar-refractivity contribution is 9.09. The number of hydrogen-bond donors (Lipinski definition) is 0. The maximum absolute atomic E-state index is 12.0. The van der Waals surface area contributed by atoms with Crippen molar-refractivity contribution in [1.82, 2.24) is 4.90 Å². The lowest BCUT2D eigenvalue weighted by Crippen LogP contribution is -2.46. The Balaban J connectivity index is 1.89. The van der Waals surface area contributed by atoms with Crippen molar-refractivity contribution < 1.29 is 9.53 Å². The summed E-state index contributed by atoms with van der Waals surface area (Å²) in [7, 11) is 0. The van der Waals surface area contributed by atoms with E-state index in [9.17, 15) is 4.79 Å². The molecule has 1 aromatic rings. The third-order valence-corrected chi connectivity index (χ3v) is 4.05. The van der Waals surface area contributed by atoms with Gasteiger partial charge in [0.25, 0.3) is 0 Å². The van der Waals surface area contributed by atoms with Crippen molar-refractivity contribution in [3.63, 3.8) is 0 Å². The lowest BCUT2D eigenvalue weighted by atomic mass is 10.2. The standard InChI is InChI=1S/C11H14BrNO2S/c12-6-10-7-13(2-3-15-10)11(14)5-9-1-4-16-8-9/h1,4,8,10H,2-3,5-7H2. The van der Waals surface area contributed by atoms with Crippen molar-refractivity contribution in [2.75, 3.05) is 25.0 Å². The smallest absolute Gasteiger partial charge is 0.227 e. The fraction of sp³-hybridized carbons (Fsp3) is 0.545. The summed E-state index contributed by atoms with van der Waals surface area (Å²) in [5.41, 5.74) is 1.11. The Labute approximate surface area is 108 Å². The minimum Gasteiger partial charge on any atom is -0.374 e. The predicted octanol–water partition coefficient (Wildman–Crippen LogP) is 1.91. The van der Waals surface area contributed by atoms with Gasteiger partial charge in [0.1, 0.15) is 0 Å². The van der Waals surface area contributed by atoms with Crippen LogP contribution in [0.3, 0.4) is 0 Å². The molecule has 0 bridgehead atoms. The molecule has 88 valence electrons. The van der Waals surface area contributed by atoms with E-state index in [1.54, 1.807) is 11.3 Å². The van der Waals surface area contributed by atoms with Crippen molar-refractivity contribution >= 4 is 33.2 Å². The number of morpholine rings is 1. The highest BCUT2D eigenvalue weighted by atomic mass is 79.9. The zero-order chi connectivity index (χ0) is 11.4. The molecule has 0 N–H and O–H groups in total. The number of carbonyl (C=O) groups is 1. The van der Waals surface area contributed by atoms with Crippen LogP contribution in [-0.4, -0.2) is 41.9 Å². The molecule has 2 heterocycles. The Morgan fingerprint density at radius 1 is 1.69 bits per heavy atom. The van der Waals surface area contributed by atoms with Crippen molar-refractivity contribution in [2.24, 2.45) is 0 Å². The Hall–Kier alpha value is -0.390. The summed E-state index contributed by atoms with van der Waals surface area (Å²) in [6, 6.07) is 2.00. The molecule has 16 heavy (non-hydrogen) atoms. The molecule has 0 aliphatic carbocycles. The summed E-state index contributed by atoms with van der Waals surface area (Å²) in [4.78, 5) is 13.9. The van der Waals surface area contributed by atoms with E-state index in [0.29, 0.717) is 26.1 Å². The van der Waals surface area contributed by atoms with Crippen molar-refractivity contribution in [2.45, 2.75) is 12.5 Å². The Kier molecular flexibility index (Phi) is 4.37. The van der Waals surface area contributed by atoms with Crippen LogP contribution in [0.2, 0.25) is 0 Å². The average Bonchev–Trinajstić information content (AvgIpc) is 2.82. The van der Waals surface area contributed by atoms with Gasteiger partial charge in [0.2, 0.25) is 5.91 Å². The molecule has 1 aromatic heterocycles. The zero-order valence-corrected chi connectivity index (χ0v) is 11.3. The quantitative estimate of drug-likeness (QED) is 0.799. The van der Waals surface area contributed by atoms with Crippen LogP contribution < -0.4 is 0 Å². The second-order valence-electron chi connectivity index (χ2n) is 3.80. The minimum absolute atomic E-state index is 0.139. The first-order valence-corrected chi connectivity index (χ1v) is 7.32. The van der Waals surface area contributed by atoms with Crippen LogP contribution in [0.1, 0.15) is 5.56 Å². The van der Waals surface area contributed by atoms with Gasteiger partial charge < -0.3 is 9.64 Å². The highest BCUT2D eigenvalue weighted by Crippen LogP contribution is 2.12. The maximum Gasteiger partial charge on any atom is 0.227 e. The molecule has 1 amide bonds. The van der Waals surface area contributed by atoms with E-state index in [0.717, 1.165) is 10.9 Å². The second kappa shape index (κ2) is 5.80. The summed E-state index contributed by atoms with van der Waals surface area (Å²) < 4.78 is 5.50. The fourth-order valence-corrected chi connectivity index (χ4v) is 2.78. The van der Waals surface area contributed by atoms with Gasteiger partial charge in [-0.15, -0.1) is 0 Å². The van der Waals surface area contributed by atoms with Crippen molar-refractivity contribution in [3.8, 4) is 0 Å². The third-order valence-electron chi connectivity index (χ3n) is 2.60. The van der Waals surface area contributed by atoms with E-state index in [2.05, 4.69) is 15.9 Å². The number of rotatable bonds is 3. The van der Waals surface area contributed by atoms with Gasteiger partial charge in [0, 0.05) is 18.4 Å². The second-order valence-corrected chi connectivity index (χ2v) is 5.22. The third kappa shape index (κ3) is 3.06. The molecular weight excluding hydrogens is 290 g/mol. The fourth-order valence-electron chi connectivity index (χ4n) is 1.72. The number of ether oxygens (including phenoxy) is 1. The molecular formula is C11H14BrNO2S. The molecule has 1 aliphatic rings. The first-order chi connectivity index (χ1) is 7.79. The topological polar surface area (TPSA) is 29.5 Å². The molecule has 0 saturated carbocycles. The van der Waals surface area contributed by atoms with E-state index in [1.165, 1.54) is 0 Å². The number of alkyl halides is 1. The van der Waals surface area contributed by atoms with Gasteiger partial charge in [-0.3, -0.25) is 4.79 Å². The molecule has 0 aromatic carbocycles. The highest BCUT2D eigenvalue weighted by Gasteiger charge is 2.23. The molecule has 1 unspecified atom stereocenters. The van der Waals surface area contributed by atoms with Gasteiger partial charge in [-0.05, 0) is 22.4 Å². The normalized spacial score (nSPS) is 21.1. The molecule has 0 radical (unpaired) electrons. The zero-order valence-electron chi connectivity index (χ0n) is 8.89. The Bertz CT molecular complexity index is 342. The minimum atomic E-state index is 0.139. The number of carbonyl (C=O) groups excluding carboxylic acids is 1. The molecule has 1 saturated heterocycles. The molecule has 1 fully saturated rings. The number of hydrogen-bond acceptors (Lipinski definition) is 3. The van der Waals surface area contributed by atoms with Crippen molar-refractivity contribution in [3.05, 3.63) is 22.4 Å². The Morgan fingerprint density at radius 3 is 3.25 bits per heavy atom. The summed E-state index contributed by atoms with van der Waals surface area (Å²) in [6.07, 6.45) is 0.651. The Morgan fingerprint density at radius 2 is 2.56 bits per heavy atom. The molecule has 0 spiro atoms. The van der Waals surface area contributed by atoms with Crippen LogP contribution in [0.4, 0.5) is 0 Å². The first kappa shape index (κ1) is 12.1. The van der Waals surface area contributed by atoms with Crippen LogP contribution >= 0.6 is 27.3 Å². The maximum atomic E-state index is 12.0. The van der Waals surface area contributed by atoms with Gasteiger partial charge >= 0.3 is 0 Å². The molecule has 2 rings (SSSR count). The van der Waals surface area contributed by atoms with Crippen LogP contribution in [0, 0.1) is 0 Å². The molecule has 1 aliphatic heterocycles. The van der Waals surface area contributed by atoms with Crippen molar-refractivity contribution in [1.29, 1.82) is 0 Å². The van der Waals surface area contributed by atoms with Gasteiger partial charge in [0.05, 0.1) is 19.1 Å². The van der Waals surface area contributed by atoms with Crippen LogP contribution in [-0.2, 0) is 16.0 Å². The van der Waals surface area contributed by atoms with Gasteiger partial charge in [-0.1, -0.05) is 15.9 Å². The SMILES string of the molecule is O=C(Cc1ccsc1)N1CCOC(CBr)C1. The number of thiophene rings is 1. The number of halogens is 1. The van der Waals surface area contributed by atoms with Gasteiger partial charge in [-0.25, -0.2) is 0 Å². The lowest BCUT2D eigenvalue weighted by molar-refractivity contribution is -0.137. The van der Waals surface area contributed by atoms with E-state index >= 15 is 0 Å². The number of nitrogens with zero attached hydrogens (tertiary/aromatic N) is 1. The summed E-state index contributed by atoms with van der Waals surface area (Å²) in [6.45, 7) is 2.06. The number of amides is 1. The molecule has 1 atom stereocenters. The van der Waals surface area contributed by atoms with Crippen LogP contribution in [0.5, 0.6) is 0 Å². The van der Waals surface area contributed by atoms with Crippen LogP contribution in [0.25, 0.3) is 0 Å². The van der Waals surface area contributed by atoms with Gasteiger partial charge in [-0.2, -0.15) is 11.3 Å². The first-order valence-electron chi connectivity index (χ1n) is 5.26. The molecule has 3 nitrogen and oxygen atoms in total. The molecule has 5 heteroatoms. The van der Waals surface area contributed by atoms with E-state index in [-0.39, 0.29) is 12.0 Å². The van der Waals surface area contributed by atoms with E-state index in [1.807, 2.05) is 21.7 Å². The predicted molar refractivity (Wildman–Crippen MR) is 68.1 cm³/mol. The van der Waals surface area contributed by atoms with Crippen LogP contribution in [0.15, 0.2) is 16.8 Å². The van der Waals surface area contributed by atoms with Gasteiger partial charge in [0.15, 0.2) is 0 Å². The summed E-state index contributed by atoms with van der Waals surface area (Å²) in [5, 5.41) is 4.82. The average molecular weight is 304 g/mol. The lowest BCUT2D eigenvalue weighted by Gasteiger charge is -2.32. The van der Waals surface area contributed by atoms with E-state index < -0.39 is 0 Å².